The highest BCUT2D eigenvalue weighted by molar-refractivity contribution is 5.73. The lowest BCUT2D eigenvalue weighted by Gasteiger charge is -2.38. The molecule has 0 saturated carbocycles. The maximum Gasteiger partial charge on any atom is 0.490 e. The minimum absolute atomic E-state index is 0.358. The highest BCUT2D eigenvalue weighted by atomic mass is 19.4. The number of carboxylic acid groups (broad SMARTS) is 2. The number of alkyl halides is 6. The number of hydrogen-bond donors (Lipinski definition) is 2. The Hall–Kier alpha value is -3.19. The molecule has 2 heterocycles. The second-order valence-electron chi connectivity index (χ2n) is 8.12. The number of benzene rings is 1. The van der Waals surface area contributed by atoms with E-state index >= 15 is 0 Å². The van der Waals surface area contributed by atoms with Crippen molar-refractivity contribution in [2.75, 3.05) is 20.2 Å². The molecule has 2 N–H and O–H groups in total. The zero-order valence-electron chi connectivity index (χ0n) is 20.1. The minimum Gasteiger partial charge on any atom is -0.475 e. The van der Waals surface area contributed by atoms with Crippen molar-refractivity contribution >= 4 is 11.9 Å². The lowest BCUT2D eigenvalue weighted by Crippen LogP contribution is -2.44. The summed E-state index contributed by atoms with van der Waals surface area (Å²) in [6.45, 7) is 5.14. The molecule has 0 radical (unpaired) electrons. The Morgan fingerprint density at radius 3 is 1.97 bits per heavy atom. The van der Waals surface area contributed by atoms with Gasteiger partial charge in [-0.15, -0.1) is 0 Å². The van der Waals surface area contributed by atoms with Crippen LogP contribution in [0.15, 0.2) is 48.5 Å². The first kappa shape index (κ1) is 31.8. The lowest BCUT2D eigenvalue weighted by molar-refractivity contribution is -0.193. The summed E-state index contributed by atoms with van der Waals surface area (Å²) >= 11 is 0. The molecule has 13 heteroatoms. The Morgan fingerprint density at radius 1 is 0.973 bits per heavy atom. The third kappa shape index (κ3) is 12.6. The molecule has 2 aromatic rings. The number of carbonyl (C=O) groups is 2. The summed E-state index contributed by atoms with van der Waals surface area (Å²) in [4.78, 5) is 25.0. The molecule has 0 aliphatic carbocycles. The van der Waals surface area contributed by atoms with Crippen LogP contribution in [0.25, 0.3) is 0 Å². The SMILES string of the molecule is CO[C@@H]1CCN(Cc2cccc(C)n2)C[C@@H]1Cc1ccccc1.O=C(O)C(F)(F)F.O=C(O)C(F)(F)F. The number of ether oxygens (including phenoxy) is 1. The molecule has 0 unspecified atom stereocenters. The summed E-state index contributed by atoms with van der Waals surface area (Å²) in [7, 11) is 1.85. The van der Waals surface area contributed by atoms with Gasteiger partial charge in [-0.05, 0) is 37.5 Å². The van der Waals surface area contributed by atoms with Gasteiger partial charge in [0.05, 0.1) is 11.8 Å². The summed E-state index contributed by atoms with van der Waals surface area (Å²) in [6, 6.07) is 17.0. The molecule has 1 aromatic carbocycles. The number of halogens is 6. The van der Waals surface area contributed by atoms with E-state index in [1.165, 1.54) is 11.3 Å². The molecule has 0 bridgehead atoms. The number of rotatable bonds is 5. The van der Waals surface area contributed by atoms with Crippen LogP contribution in [0, 0.1) is 12.8 Å². The van der Waals surface area contributed by atoms with Crippen molar-refractivity contribution in [2.45, 2.75) is 44.8 Å². The fourth-order valence-electron chi connectivity index (χ4n) is 3.57. The number of methoxy groups -OCH3 is 1. The van der Waals surface area contributed by atoms with Crippen molar-refractivity contribution in [1.29, 1.82) is 0 Å². The molecule has 7 nitrogen and oxygen atoms in total. The third-order valence-corrected chi connectivity index (χ3v) is 5.21. The summed E-state index contributed by atoms with van der Waals surface area (Å²) in [5.41, 5.74) is 3.66. The number of nitrogens with zero attached hydrogens (tertiary/aromatic N) is 2. The van der Waals surface area contributed by atoms with Gasteiger partial charge in [-0.2, -0.15) is 26.3 Å². The Bertz CT molecular complexity index is 962. The average molecular weight is 538 g/mol. The summed E-state index contributed by atoms with van der Waals surface area (Å²) < 4.78 is 69.2. The van der Waals surface area contributed by atoms with Crippen LogP contribution < -0.4 is 0 Å². The van der Waals surface area contributed by atoms with Gasteiger partial charge in [0.15, 0.2) is 0 Å². The first-order valence-corrected chi connectivity index (χ1v) is 10.9. The standard InChI is InChI=1S/C20H26N2O.2C2HF3O2/c1-16-7-6-10-19(21-16)15-22-12-11-20(23-2)18(14-22)13-17-8-4-3-5-9-17;2*3-2(4,5)1(6)7/h3-10,18,20H,11-15H2,1-2H3;2*(H,6,7)/t18-,20+;;/m0../s1. The van der Waals surface area contributed by atoms with E-state index in [9.17, 15) is 26.3 Å². The molecular weight excluding hydrogens is 510 g/mol. The maximum absolute atomic E-state index is 10.6. The Kier molecular flexibility index (Phi) is 12.5. The number of pyridine rings is 1. The first-order valence-electron chi connectivity index (χ1n) is 10.9. The van der Waals surface area contributed by atoms with Gasteiger partial charge in [-0.1, -0.05) is 36.4 Å². The predicted molar refractivity (Wildman–Crippen MR) is 121 cm³/mol. The van der Waals surface area contributed by atoms with Crippen LogP contribution in [0.5, 0.6) is 0 Å². The molecule has 1 fully saturated rings. The fourth-order valence-corrected chi connectivity index (χ4v) is 3.57. The zero-order chi connectivity index (χ0) is 28.2. The molecular formula is C24H28F6N2O5. The molecule has 37 heavy (non-hydrogen) atoms. The Labute approximate surface area is 209 Å². The molecule has 2 atom stereocenters. The van der Waals surface area contributed by atoms with Crippen LogP contribution in [0.1, 0.15) is 23.4 Å². The van der Waals surface area contributed by atoms with Gasteiger partial charge in [-0.3, -0.25) is 9.88 Å². The largest absolute Gasteiger partial charge is 0.490 e. The Morgan fingerprint density at radius 2 is 1.51 bits per heavy atom. The second-order valence-corrected chi connectivity index (χ2v) is 8.12. The minimum atomic E-state index is -5.08. The van der Waals surface area contributed by atoms with Crippen molar-refractivity contribution in [3.8, 4) is 0 Å². The summed E-state index contributed by atoms with van der Waals surface area (Å²) in [5, 5.41) is 14.2. The summed E-state index contributed by atoms with van der Waals surface area (Å²) in [5.74, 6) is -4.97. The normalized spacial score (nSPS) is 18.1. The number of aromatic nitrogens is 1. The van der Waals surface area contributed by atoms with Crippen LogP contribution in [-0.2, 0) is 27.3 Å². The van der Waals surface area contributed by atoms with Crippen LogP contribution in [-0.4, -0.2) is 70.7 Å². The maximum atomic E-state index is 10.6. The van der Waals surface area contributed by atoms with Gasteiger partial charge in [0, 0.05) is 38.4 Å². The van der Waals surface area contributed by atoms with Crippen LogP contribution in [0.3, 0.4) is 0 Å². The van der Waals surface area contributed by atoms with Crippen molar-refractivity contribution < 1.29 is 50.9 Å². The molecule has 1 aliphatic rings. The van der Waals surface area contributed by atoms with E-state index in [0.29, 0.717) is 12.0 Å². The van der Waals surface area contributed by atoms with E-state index in [0.717, 1.165) is 38.2 Å². The van der Waals surface area contributed by atoms with Gasteiger partial charge in [0.25, 0.3) is 0 Å². The monoisotopic (exact) mass is 538 g/mol. The average Bonchev–Trinajstić information content (AvgIpc) is 2.80. The van der Waals surface area contributed by atoms with Gasteiger partial charge < -0.3 is 14.9 Å². The molecule has 0 spiro atoms. The van der Waals surface area contributed by atoms with Gasteiger partial charge in [-0.25, -0.2) is 9.59 Å². The van der Waals surface area contributed by atoms with E-state index in [4.69, 9.17) is 24.5 Å². The first-order chi connectivity index (χ1) is 17.1. The van der Waals surface area contributed by atoms with Crippen LogP contribution >= 0.6 is 0 Å². The number of piperidine rings is 1. The molecule has 206 valence electrons. The van der Waals surface area contributed by atoms with Crippen LogP contribution in [0.2, 0.25) is 0 Å². The summed E-state index contributed by atoms with van der Waals surface area (Å²) in [6.07, 6.45) is -7.63. The quantitative estimate of drug-likeness (QED) is 0.531. The van der Waals surface area contributed by atoms with Crippen molar-refractivity contribution in [1.82, 2.24) is 9.88 Å². The number of hydrogen-bond acceptors (Lipinski definition) is 5. The third-order valence-electron chi connectivity index (χ3n) is 5.21. The number of aliphatic carboxylic acids is 2. The van der Waals surface area contributed by atoms with Crippen LogP contribution in [0.4, 0.5) is 26.3 Å². The van der Waals surface area contributed by atoms with Crippen molar-refractivity contribution in [3.05, 3.63) is 65.5 Å². The molecule has 1 aromatic heterocycles. The highest BCUT2D eigenvalue weighted by Crippen LogP contribution is 2.24. The molecule has 1 aliphatic heterocycles. The second kappa shape index (κ2) is 14.5. The molecule has 3 rings (SSSR count). The Balaban J connectivity index is 0.000000404. The van der Waals surface area contributed by atoms with Gasteiger partial charge in [0.2, 0.25) is 0 Å². The van der Waals surface area contributed by atoms with E-state index < -0.39 is 24.3 Å². The smallest absolute Gasteiger partial charge is 0.475 e. The number of carboxylic acids is 2. The van der Waals surface area contributed by atoms with E-state index in [-0.39, 0.29) is 0 Å². The topological polar surface area (TPSA) is 100.0 Å². The van der Waals surface area contributed by atoms with Crippen molar-refractivity contribution in [3.63, 3.8) is 0 Å². The van der Waals surface area contributed by atoms with E-state index in [1.807, 2.05) is 7.11 Å². The van der Waals surface area contributed by atoms with E-state index in [1.54, 1.807) is 0 Å². The predicted octanol–water partition coefficient (Wildman–Crippen LogP) is 4.74. The number of aryl methyl sites for hydroxylation is 1. The van der Waals surface area contributed by atoms with Gasteiger partial charge in [0.1, 0.15) is 0 Å². The van der Waals surface area contributed by atoms with E-state index in [2.05, 4.69) is 65.3 Å². The molecule has 1 saturated heterocycles. The zero-order valence-corrected chi connectivity index (χ0v) is 20.1. The van der Waals surface area contributed by atoms with Crippen molar-refractivity contribution in [2.24, 2.45) is 5.92 Å². The fraction of sp³-hybridized carbons (Fsp3) is 0.458. The highest BCUT2D eigenvalue weighted by Gasteiger charge is 2.38. The van der Waals surface area contributed by atoms with Gasteiger partial charge >= 0.3 is 24.3 Å². The number of likely N-dealkylation sites (tertiary alicyclic amines) is 1. The molecule has 0 amide bonds. The lowest BCUT2D eigenvalue weighted by atomic mass is 9.88.